The number of carbonyl (C=O) groups excluding carboxylic acids is 5. The zero-order chi connectivity index (χ0) is 94.7. The zero-order valence-electron chi connectivity index (χ0n) is 75.5. The molecule has 4 saturated heterocycles. The highest BCUT2D eigenvalue weighted by Gasteiger charge is 2.33. The number of thiazole rings is 5. The van der Waals surface area contributed by atoms with Gasteiger partial charge in [0, 0.05) is 58.8 Å². The number of fused-ring (bicyclic) bond motifs is 5. The molecule has 19 rings (SSSR count). The molecule has 15 aromatic rings. The molecule has 40 heteroatoms. The van der Waals surface area contributed by atoms with Crippen molar-refractivity contribution in [1.29, 1.82) is 0 Å². The Bertz CT molecular complexity index is 6790. The van der Waals surface area contributed by atoms with Gasteiger partial charge in [-0.05, 0) is 197 Å². The summed E-state index contributed by atoms with van der Waals surface area (Å²) in [6.45, 7) is 26.0. The van der Waals surface area contributed by atoms with Crippen molar-refractivity contribution in [2.45, 2.75) is 170 Å². The van der Waals surface area contributed by atoms with E-state index < -0.39 is 12.2 Å². The van der Waals surface area contributed by atoms with Gasteiger partial charge in [0.05, 0.1) is 67.5 Å². The normalized spacial score (nSPS) is 15.4. The quantitative estimate of drug-likeness (QED) is 0.0231. The fraction of sp³-hybridized carbons (Fsp3) is 0.362. The number of β-amino-alcohol motifs (C(OH)–C–C–N with tert-alkyl or cyclic N) is 1. The lowest BCUT2D eigenvalue weighted by Crippen LogP contribution is -2.42. The Hall–Kier alpha value is -12.9. The molecule has 0 radical (unpaired) electrons. The van der Waals surface area contributed by atoms with E-state index in [1.807, 2.05) is 109 Å². The van der Waals surface area contributed by atoms with Gasteiger partial charge in [-0.25, -0.2) is 67.4 Å². The molecule has 134 heavy (non-hydrogen) atoms. The van der Waals surface area contributed by atoms with Crippen molar-refractivity contribution >= 4 is 168 Å². The number of nitrogens with zero attached hydrogens (tertiary/aromatic N) is 19. The van der Waals surface area contributed by atoms with E-state index >= 15 is 0 Å². The number of aliphatic hydroxyl groups excluding tert-OH is 2. The standard InChI is InChI=1S/C19H20FN5O2S.C19H20FN5OS.C19H21FN4O2S.C19H21N5OS.C18H18FN5OS/c1-10(12-4-3-5-13(20)8-12)21-19-23-15(16-17(24-19)22-11(2)28-16)18(27)25-7-6-14(26)9-25;1-11(13-6-5-7-14(20)10-13)21-19-23-15(18(26)25-8-3-4-9-25)16-17(24-19)22-12(2)27-16;1-10(25)7-8-15(26)16-17-18(22-12(3)27-17)24-19(23-16)21-11(2)13-5-4-6-14(20)9-13;1-12(14-8-4-3-5-9-14)20-19-22-15(18(25)24-10-6-7-11-24)16-17(23-19)21-13(2)26-16;1-10(12-5-3-6-13(19)9-12)20-18-22-14(17(25)24-7-4-8-24)15-16(23-18)21-11(2)26-15/h3-5,8,10,14,26H,6-7,9H2,1-2H3,(H,21,23,24);5-7,10-11H,3-4,8-9H2,1-2H3,(H,21,23,24);4-6,9-11,25H,7-8H2,1-3H3,(H,21,23,24);3-5,8-9,12H,6-7,10-11H2,1-2H3,(H,20,22,23);3,5-6,9-10H,4,7-8H2,1-2H3,(H,20,22,23). The van der Waals surface area contributed by atoms with Gasteiger partial charge in [0.25, 0.3) is 23.6 Å². The van der Waals surface area contributed by atoms with E-state index in [-0.39, 0.29) is 107 Å². The van der Waals surface area contributed by atoms with Crippen molar-refractivity contribution in [2.75, 3.05) is 78.9 Å². The van der Waals surface area contributed by atoms with Crippen LogP contribution in [-0.4, -0.2) is 199 Å². The van der Waals surface area contributed by atoms with E-state index in [2.05, 4.69) is 120 Å². The molecule has 0 spiro atoms. The number of Topliss-reactive ketones (excluding diaryl/α,β-unsaturated/α-hetero) is 1. The van der Waals surface area contributed by atoms with E-state index in [0.29, 0.717) is 114 Å². The molecular formula is C94H100F4N24O7S5. The van der Waals surface area contributed by atoms with Gasteiger partial charge >= 0.3 is 0 Å². The lowest BCUT2D eigenvalue weighted by Gasteiger charge is -2.30. The number of benzene rings is 5. The van der Waals surface area contributed by atoms with E-state index in [9.17, 15) is 51.7 Å². The third kappa shape index (κ3) is 23.7. The van der Waals surface area contributed by atoms with Crippen molar-refractivity contribution in [3.8, 4) is 0 Å². The minimum absolute atomic E-state index is 0.0195. The second-order valence-electron chi connectivity index (χ2n) is 33.0. The number of carbonyl (C=O) groups is 5. The molecule has 0 saturated carbocycles. The summed E-state index contributed by atoms with van der Waals surface area (Å²) in [7, 11) is 0. The second kappa shape index (κ2) is 43.0. The van der Waals surface area contributed by atoms with Crippen LogP contribution in [0.25, 0.3) is 51.7 Å². The van der Waals surface area contributed by atoms with Crippen LogP contribution in [0, 0.1) is 57.9 Å². The van der Waals surface area contributed by atoms with Crippen molar-refractivity contribution in [2.24, 2.45) is 0 Å². The average Bonchev–Trinajstić information content (AvgIpc) is 1.65. The first kappa shape index (κ1) is 95.7. The summed E-state index contributed by atoms with van der Waals surface area (Å²) in [4.78, 5) is 138. The van der Waals surface area contributed by atoms with Gasteiger partial charge in [-0.1, -0.05) is 78.9 Å². The third-order valence-corrected chi connectivity index (χ3v) is 27.3. The smallest absolute Gasteiger partial charge is 0.274 e. The predicted molar refractivity (Wildman–Crippen MR) is 515 cm³/mol. The second-order valence-corrected chi connectivity index (χ2v) is 39.0. The number of rotatable bonds is 23. The van der Waals surface area contributed by atoms with Crippen LogP contribution in [0.1, 0.15) is 228 Å². The number of aryl methyl sites for hydroxylation is 5. The number of likely N-dealkylation sites (tertiary alicyclic amines) is 4. The minimum Gasteiger partial charge on any atom is -0.393 e. The molecule has 4 aliphatic heterocycles. The molecule has 31 nitrogen and oxygen atoms in total. The molecule has 7 N–H and O–H groups in total. The first-order chi connectivity index (χ1) is 64.4. The summed E-state index contributed by atoms with van der Waals surface area (Å²) in [5.41, 5.74) is 8.54. The third-order valence-electron chi connectivity index (χ3n) is 22.5. The number of aromatic nitrogens is 15. The summed E-state index contributed by atoms with van der Waals surface area (Å²) in [5.74, 6) is -0.188. The number of halogens is 4. The molecule has 696 valence electrons. The van der Waals surface area contributed by atoms with Crippen LogP contribution < -0.4 is 26.6 Å². The van der Waals surface area contributed by atoms with Gasteiger partial charge < -0.3 is 56.4 Å². The number of hydrogen-bond donors (Lipinski definition) is 7. The van der Waals surface area contributed by atoms with Crippen LogP contribution in [-0.2, 0) is 0 Å². The number of anilines is 5. The van der Waals surface area contributed by atoms with Crippen LogP contribution in [0.15, 0.2) is 127 Å². The molecule has 0 bridgehead atoms. The zero-order valence-corrected chi connectivity index (χ0v) is 79.5. The van der Waals surface area contributed by atoms with Crippen LogP contribution >= 0.6 is 56.7 Å². The lowest BCUT2D eigenvalue weighted by atomic mass is 10.1. The van der Waals surface area contributed by atoms with Crippen LogP contribution in [0.2, 0.25) is 0 Å². The highest BCUT2D eigenvalue weighted by Crippen LogP contribution is 2.36. The van der Waals surface area contributed by atoms with Crippen LogP contribution in [0.4, 0.5) is 47.3 Å². The Balaban J connectivity index is 0.000000128. The Morgan fingerprint density at radius 1 is 0.343 bits per heavy atom. The Kier molecular flexibility index (Phi) is 30.7. The molecule has 4 fully saturated rings. The highest BCUT2D eigenvalue weighted by atomic mass is 32.1. The fourth-order valence-corrected chi connectivity index (χ4v) is 19.5. The molecule has 5 aromatic carbocycles. The molecule has 7 unspecified atom stereocenters. The van der Waals surface area contributed by atoms with Crippen LogP contribution in [0.3, 0.4) is 0 Å². The number of amides is 4. The topological polar surface area (TPSA) is 392 Å². The SMILES string of the molecule is Cc1nc2nc(NC(C)c3cccc(F)c3)nc(C(=O)CCC(C)O)c2s1.Cc1nc2nc(NC(C)c3cccc(F)c3)nc(C(=O)N3CCC(O)C3)c2s1.Cc1nc2nc(NC(C)c3cccc(F)c3)nc(C(=O)N3CCC3)c2s1.Cc1nc2nc(NC(C)c3cccc(F)c3)nc(C(=O)N3CCCC3)c2s1.Cc1nc2nc(NC(C)c3ccccc3)nc(C(=O)N3CCCC3)c2s1. The number of nitrogens with one attached hydrogen (secondary N) is 5. The molecule has 10 aromatic heterocycles. The Morgan fingerprint density at radius 3 is 0.866 bits per heavy atom. The molecule has 4 amide bonds. The van der Waals surface area contributed by atoms with Gasteiger partial charge in [-0.15, -0.1) is 56.7 Å². The Labute approximate surface area is 789 Å². The summed E-state index contributed by atoms with van der Waals surface area (Å²) in [6, 6.07) is 34.5. The van der Waals surface area contributed by atoms with Crippen molar-refractivity contribution in [3.05, 3.63) is 232 Å². The lowest BCUT2D eigenvalue weighted by molar-refractivity contribution is 0.0647. The maximum atomic E-state index is 13.5. The molecule has 0 aliphatic carbocycles. The highest BCUT2D eigenvalue weighted by molar-refractivity contribution is 7.20. The van der Waals surface area contributed by atoms with Gasteiger partial charge in [-0.3, -0.25) is 24.0 Å². The largest absolute Gasteiger partial charge is 0.393 e. The summed E-state index contributed by atoms with van der Waals surface area (Å²) >= 11 is 7.07. The van der Waals surface area contributed by atoms with Gasteiger partial charge in [-0.2, -0.15) is 24.9 Å². The van der Waals surface area contributed by atoms with E-state index in [1.54, 1.807) is 47.1 Å². The number of hydrogen-bond acceptors (Lipinski definition) is 32. The monoisotopic (exact) mass is 1910 g/mol. The minimum atomic E-state index is -0.555. The maximum Gasteiger partial charge on any atom is 0.274 e. The van der Waals surface area contributed by atoms with Gasteiger partial charge in [0.2, 0.25) is 29.7 Å². The maximum absolute atomic E-state index is 13.5. The first-order valence-electron chi connectivity index (χ1n) is 44.1. The average molecular weight is 1910 g/mol. The summed E-state index contributed by atoms with van der Waals surface area (Å²) < 4.78 is 57.4. The summed E-state index contributed by atoms with van der Waals surface area (Å²) in [6.07, 6.45) is 5.22. The van der Waals surface area contributed by atoms with E-state index in [4.69, 9.17) is 0 Å². The fourth-order valence-electron chi connectivity index (χ4n) is 15.3. The molecule has 14 heterocycles. The summed E-state index contributed by atoms with van der Waals surface area (Å²) in [5, 5.41) is 39.3. The van der Waals surface area contributed by atoms with Crippen molar-refractivity contribution < 1.29 is 51.7 Å². The van der Waals surface area contributed by atoms with Gasteiger partial charge in [0.1, 0.15) is 52.5 Å². The first-order valence-corrected chi connectivity index (χ1v) is 48.2. The Morgan fingerprint density at radius 2 is 0.604 bits per heavy atom. The van der Waals surface area contributed by atoms with Crippen molar-refractivity contribution in [1.82, 2.24) is 94.4 Å². The van der Waals surface area contributed by atoms with Crippen molar-refractivity contribution in [3.63, 3.8) is 0 Å². The van der Waals surface area contributed by atoms with E-state index in [0.717, 1.165) is 129 Å². The van der Waals surface area contributed by atoms with Crippen LogP contribution in [0.5, 0.6) is 0 Å². The molecule has 4 aliphatic rings. The number of ketones is 1. The number of aliphatic hydroxyl groups is 2. The molecular weight excluding hydrogens is 1810 g/mol. The molecule has 7 atom stereocenters. The van der Waals surface area contributed by atoms with E-state index in [1.165, 1.54) is 105 Å². The van der Waals surface area contributed by atoms with Gasteiger partial charge in [0.15, 0.2) is 56.8 Å². The predicted octanol–water partition coefficient (Wildman–Crippen LogP) is 18.3.